The van der Waals surface area contributed by atoms with E-state index < -0.39 is 17.9 Å². The Bertz CT molecular complexity index is 1040. The summed E-state index contributed by atoms with van der Waals surface area (Å²) in [5.41, 5.74) is 1.70. The van der Waals surface area contributed by atoms with Crippen molar-refractivity contribution in [2.45, 2.75) is 26.1 Å². The highest BCUT2D eigenvalue weighted by Crippen LogP contribution is 2.21. The zero-order valence-electron chi connectivity index (χ0n) is 17.8. The second kappa shape index (κ2) is 10.0. The predicted molar refractivity (Wildman–Crippen MR) is 117 cm³/mol. The molecule has 0 fully saturated rings. The molecule has 0 radical (unpaired) electrons. The quantitative estimate of drug-likeness (QED) is 0.468. The van der Waals surface area contributed by atoms with Gasteiger partial charge in [-0.2, -0.15) is 5.10 Å². The number of carbonyl (C=O) groups excluding carboxylic acids is 2. The number of nitrogens with zero attached hydrogens (tertiary/aromatic N) is 5. The highest BCUT2D eigenvalue weighted by atomic mass is 16.3. The standard InChI is InChI=1S/C21H27N7O3/c1-4-27-9-8-22-19(27)15-6-5-7-16(10-15)24-20(30)21(31)25-17-11-23-28(12-17)14-18(29)13-26(2)3/h5-12,18,29H,4,13-14H2,1-3H3,(H,24,30)(H,25,31)/t18-/m0/s1. The molecule has 164 valence electrons. The van der Waals surface area contributed by atoms with Crippen molar-refractivity contribution in [3.05, 3.63) is 49.1 Å². The number of anilines is 2. The SMILES string of the molecule is CCn1ccnc1-c1cccc(NC(=O)C(=O)Nc2cnn(C[C@@H](O)CN(C)C)c2)c1. The number of nitrogens with one attached hydrogen (secondary N) is 2. The number of rotatable bonds is 8. The molecule has 0 aliphatic rings. The molecule has 0 saturated heterocycles. The molecule has 0 spiro atoms. The fourth-order valence-electron chi connectivity index (χ4n) is 3.16. The largest absolute Gasteiger partial charge is 0.390 e. The van der Waals surface area contributed by atoms with Gasteiger partial charge in [-0.15, -0.1) is 0 Å². The zero-order chi connectivity index (χ0) is 22.4. The lowest BCUT2D eigenvalue weighted by atomic mass is 10.2. The van der Waals surface area contributed by atoms with Gasteiger partial charge >= 0.3 is 11.8 Å². The van der Waals surface area contributed by atoms with Gasteiger partial charge in [0.2, 0.25) is 0 Å². The Hall–Kier alpha value is -3.50. The Morgan fingerprint density at radius 1 is 1.19 bits per heavy atom. The summed E-state index contributed by atoms with van der Waals surface area (Å²) in [5.74, 6) is -0.822. The number of hydrogen-bond donors (Lipinski definition) is 3. The van der Waals surface area contributed by atoms with Crippen molar-refractivity contribution in [1.29, 1.82) is 0 Å². The molecule has 2 amide bonds. The molecule has 10 heteroatoms. The smallest absolute Gasteiger partial charge is 0.314 e. The monoisotopic (exact) mass is 425 g/mol. The van der Waals surface area contributed by atoms with Gasteiger partial charge in [0.15, 0.2) is 0 Å². The lowest BCUT2D eigenvalue weighted by molar-refractivity contribution is -0.132. The first kappa shape index (κ1) is 22.2. The van der Waals surface area contributed by atoms with Gasteiger partial charge in [-0.1, -0.05) is 12.1 Å². The van der Waals surface area contributed by atoms with Gasteiger partial charge in [-0.05, 0) is 33.2 Å². The van der Waals surface area contributed by atoms with Crippen LogP contribution in [0.3, 0.4) is 0 Å². The van der Waals surface area contributed by atoms with Crippen LogP contribution in [-0.2, 0) is 22.7 Å². The fourth-order valence-corrected chi connectivity index (χ4v) is 3.16. The molecule has 2 aromatic heterocycles. The van der Waals surface area contributed by atoms with Crippen LogP contribution in [0, 0.1) is 0 Å². The molecule has 3 rings (SSSR count). The molecule has 3 N–H and O–H groups in total. The first-order valence-corrected chi connectivity index (χ1v) is 9.95. The van der Waals surface area contributed by atoms with E-state index in [0.717, 1.165) is 17.9 Å². The minimum Gasteiger partial charge on any atom is -0.390 e. The normalized spacial score (nSPS) is 12.0. The van der Waals surface area contributed by atoms with Gasteiger partial charge in [-0.25, -0.2) is 4.98 Å². The summed E-state index contributed by atoms with van der Waals surface area (Å²) in [7, 11) is 3.73. The second-order valence-electron chi connectivity index (χ2n) is 7.39. The fraction of sp³-hybridized carbons (Fsp3) is 0.333. The van der Waals surface area contributed by atoms with Crippen molar-refractivity contribution in [2.75, 3.05) is 31.3 Å². The number of imidazole rings is 1. The highest BCUT2D eigenvalue weighted by Gasteiger charge is 2.16. The number of amides is 2. The average molecular weight is 425 g/mol. The second-order valence-corrected chi connectivity index (χ2v) is 7.39. The summed E-state index contributed by atoms with van der Waals surface area (Å²) < 4.78 is 3.50. The van der Waals surface area contributed by atoms with Crippen LogP contribution in [0.2, 0.25) is 0 Å². The Balaban J connectivity index is 1.59. The van der Waals surface area contributed by atoms with Crippen molar-refractivity contribution in [3.63, 3.8) is 0 Å². The van der Waals surface area contributed by atoms with E-state index in [-0.39, 0.29) is 6.54 Å². The summed E-state index contributed by atoms with van der Waals surface area (Å²) in [6, 6.07) is 7.16. The number of aliphatic hydroxyl groups is 1. The molecule has 10 nitrogen and oxygen atoms in total. The summed E-state index contributed by atoms with van der Waals surface area (Å²) in [6.45, 7) is 3.56. The maximum Gasteiger partial charge on any atom is 0.314 e. The first-order valence-electron chi connectivity index (χ1n) is 9.95. The predicted octanol–water partition coefficient (Wildman–Crippen LogP) is 1.27. The van der Waals surface area contributed by atoms with E-state index in [1.54, 1.807) is 30.6 Å². The lowest BCUT2D eigenvalue weighted by Crippen LogP contribution is -2.30. The van der Waals surface area contributed by atoms with Crippen LogP contribution in [0.5, 0.6) is 0 Å². The zero-order valence-corrected chi connectivity index (χ0v) is 17.8. The third-order valence-corrected chi connectivity index (χ3v) is 4.51. The summed E-state index contributed by atoms with van der Waals surface area (Å²) >= 11 is 0. The van der Waals surface area contributed by atoms with Gasteiger partial charge < -0.3 is 25.2 Å². The lowest BCUT2D eigenvalue weighted by Gasteiger charge is -2.15. The molecule has 0 aliphatic heterocycles. The molecule has 0 aliphatic carbocycles. The third kappa shape index (κ3) is 6.00. The van der Waals surface area contributed by atoms with Crippen molar-refractivity contribution in [2.24, 2.45) is 0 Å². The van der Waals surface area contributed by atoms with E-state index in [9.17, 15) is 14.7 Å². The molecular weight excluding hydrogens is 398 g/mol. The number of likely N-dealkylation sites (N-methyl/N-ethyl adjacent to an activating group) is 1. The molecule has 3 aromatic rings. The maximum atomic E-state index is 12.3. The van der Waals surface area contributed by atoms with Crippen LogP contribution in [0.25, 0.3) is 11.4 Å². The van der Waals surface area contributed by atoms with Crippen molar-refractivity contribution in [1.82, 2.24) is 24.2 Å². The first-order chi connectivity index (χ1) is 14.9. The molecule has 1 aromatic carbocycles. The molecule has 1 atom stereocenters. The van der Waals surface area contributed by atoms with E-state index in [1.807, 2.05) is 42.7 Å². The van der Waals surface area contributed by atoms with Crippen LogP contribution in [0.15, 0.2) is 49.1 Å². The van der Waals surface area contributed by atoms with Gasteiger partial charge in [0.25, 0.3) is 0 Å². The minimum atomic E-state index is -0.811. The van der Waals surface area contributed by atoms with Crippen molar-refractivity contribution < 1.29 is 14.7 Å². The summed E-state index contributed by atoms with van der Waals surface area (Å²) in [4.78, 5) is 30.8. The maximum absolute atomic E-state index is 12.3. The highest BCUT2D eigenvalue weighted by molar-refractivity contribution is 6.43. The third-order valence-electron chi connectivity index (χ3n) is 4.51. The number of benzene rings is 1. The molecule has 0 bridgehead atoms. The Morgan fingerprint density at radius 3 is 2.65 bits per heavy atom. The number of hydrogen-bond acceptors (Lipinski definition) is 6. The number of carbonyl (C=O) groups is 2. The number of aryl methyl sites for hydroxylation is 1. The molecular formula is C21H27N7O3. The minimum absolute atomic E-state index is 0.278. The van der Waals surface area contributed by atoms with E-state index in [2.05, 4.69) is 20.7 Å². The summed E-state index contributed by atoms with van der Waals surface area (Å²) in [5, 5.41) is 19.2. The average Bonchev–Trinajstić information content (AvgIpc) is 3.36. The van der Waals surface area contributed by atoms with E-state index in [4.69, 9.17) is 0 Å². The molecule has 2 heterocycles. The molecule has 31 heavy (non-hydrogen) atoms. The summed E-state index contributed by atoms with van der Waals surface area (Å²) in [6.07, 6.45) is 6.00. The van der Waals surface area contributed by atoms with Crippen LogP contribution < -0.4 is 10.6 Å². The number of aliphatic hydroxyl groups excluding tert-OH is 1. The van der Waals surface area contributed by atoms with Crippen molar-refractivity contribution >= 4 is 23.2 Å². The topological polar surface area (TPSA) is 117 Å². The van der Waals surface area contributed by atoms with Crippen LogP contribution in [0.1, 0.15) is 6.92 Å². The Labute approximate surface area is 180 Å². The van der Waals surface area contributed by atoms with E-state index in [1.165, 1.54) is 10.9 Å². The Kier molecular flexibility index (Phi) is 7.16. The molecule has 0 unspecified atom stereocenters. The van der Waals surface area contributed by atoms with Gasteiger partial charge in [0.1, 0.15) is 5.82 Å². The Morgan fingerprint density at radius 2 is 1.94 bits per heavy atom. The van der Waals surface area contributed by atoms with Crippen LogP contribution in [0.4, 0.5) is 11.4 Å². The van der Waals surface area contributed by atoms with E-state index in [0.29, 0.717) is 17.9 Å². The van der Waals surface area contributed by atoms with Crippen molar-refractivity contribution in [3.8, 4) is 11.4 Å². The van der Waals surface area contributed by atoms with Crippen LogP contribution in [-0.4, -0.2) is 67.9 Å². The van der Waals surface area contributed by atoms with Gasteiger partial charge in [0.05, 0.1) is 24.5 Å². The van der Waals surface area contributed by atoms with Gasteiger partial charge in [-0.3, -0.25) is 14.3 Å². The number of aromatic nitrogens is 4. The molecule has 0 saturated carbocycles. The van der Waals surface area contributed by atoms with Gasteiger partial charge in [0, 0.05) is 42.9 Å². The van der Waals surface area contributed by atoms with E-state index >= 15 is 0 Å². The van der Waals surface area contributed by atoms with Crippen LogP contribution >= 0.6 is 0 Å².